The molecular formula is C34H34N2O5S. The van der Waals surface area contributed by atoms with E-state index in [1.54, 1.807) is 25.3 Å². The van der Waals surface area contributed by atoms with E-state index in [1.807, 2.05) is 62.4 Å². The fourth-order valence-electron chi connectivity index (χ4n) is 5.20. The summed E-state index contributed by atoms with van der Waals surface area (Å²) in [4.78, 5) is 27.1. The Morgan fingerprint density at radius 3 is 2.36 bits per heavy atom. The van der Waals surface area contributed by atoms with E-state index in [2.05, 4.69) is 37.5 Å². The average Bonchev–Trinajstić information content (AvgIpc) is 3.38. The number of carbonyl (C=O) groups is 2. The molecule has 0 bridgehead atoms. The lowest BCUT2D eigenvalue weighted by atomic mass is 9.85. The van der Waals surface area contributed by atoms with Crippen LogP contribution in [0, 0.1) is 13.8 Å². The van der Waals surface area contributed by atoms with Gasteiger partial charge in [-0.1, -0.05) is 29.8 Å². The molecule has 0 fully saturated rings. The number of methoxy groups -OCH3 is 1. The number of benzene rings is 3. The highest BCUT2D eigenvalue weighted by molar-refractivity contribution is 7.13. The van der Waals surface area contributed by atoms with Crippen molar-refractivity contribution in [3.8, 4) is 22.6 Å². The third-order valence-corrected chi connectivity index (χ3v) is 7.98. The van der Waals surface area contributed by atoms with Crippen LogP contribution in [-0.2, 0) is 11.3 Å². The van der Waals surface area contributed by atoms with Crippen molar-refractivity contribution in [1.82, 2.24) is 0 Å². The first-order valence-electron chi connectivity index (χ1n) is 13.6. The predicted octanol–water partition coefficient (Wildman–Crippen LogP) is 8.62. The van der Waals surface area contributed by atoms with Gasteiger partial charge in [-0.2, -0.15) is 0 Å². The molecule has 216 valence electrons. The third-order valence-electron chi connectivity index (χ3n) is 7.00. The summed E-state index contributed by atoms with van der Waals surface area (Å²) in [6, 6.07) is 20.4. The van der Waals surface area contributed by atoms with Gasteiger partial charge in [0.1, 0.15) is 23.0 Å². The molecular weight excluding hydrogens is 548 g/mol. The normalized spacial score (nSPS) is 13.3. The van der Waals surface area contributed by atoms with Gasteiger partial charge in [-0.25, -0.2) is 9.59 Å². The average molecular weight is 583 g/mol. The smallest absolute Gasteiger partial charge is 0.417 e. The summed E-state index contributed by atoms with van der Waals surface area (Å²) in [5, 5.41) is 6.32. The molecule has 1 aliphatic rings. The SMILES string of the molecule is COc1cc(OC(=O)Nc2ccc(C)cc2)ccc1-c1ccc2c(c1COC(=O)c1ccc(C)s1)C(C)=CC(C)(C)N2. The van der Waals surface area contributed by atoms with E-state index in [-0.39, 0.29) is 18.1 Å². The van der Waals surface area contributed by atoms with Gasteiger partial charge in [0.05, 0.1) is 12.6 Å². The van der Waals surface area contributed by atoms with Crippen LogP contribution in [0.5, 0.6) is 11.5 Å². The maximum absolute atomic E-state index is 12.9. The number of anilines is 2. The number of thiophene rings is 1. The van der Waals surface area contributed by atoms with Crippen LogP contribution in [0.2, 0.25) is 0 Å². The first kappa shape index (κ1) is 29.0. The van der Waals surface area contributed by atoms with Gasteiger partial charge < -0.3 is 19.5 Å². The highest BCUT2D eigenvalue weighted by Crippen LogP contribution is 2.43. The van der Waals surface area contributed by atoms with Gasteiger partial charge in [0.25, 0.3) is 0 Å². The fraction of sp³-hybridized carbons (Fsp3) is 0.235. The Morgan fingerprint density at radius 2 is 1.67 bits per heavy atom. The van der Waals surface area contributed by atoms with E-state index in [0.717, 1.165) is 44.0 Å². The molecule has 0 radical (unpaired) electrons. The van der Waals surface area contributed by atoms with Gasteiger partial charge in [-0.3, -0.25) is 5.32 Å². The summed E-state index contributed by atoms with van der Waals surface area (Å²) in [5.41, 5.74) is 7.04. The third kappa shape index (κ3) is 6.34. The highest BCUT2D eigenvalue weighted by Gasteiger charge is 2.27. The van der Waals surface area contributed by atoms with E-state index < -0.39 is 6.09 Å². The van der Waals surface area contributed by atoms with Crippen LogP contribution >= 0.6 is 11.3 Å². The van der Waals surface area contributed by atoms with E-state index in [0.29, 0.717) is 22.1 Å². The lowest BCUT2D eigenvalue weighted by Gasteiger charge is -2.33. The molecule has 1 aliphatic heterocycles. The van der Waals surface area contributed by atoms with Crippen LogP contribution in [0.3, 0.4) is 0 Å². The van der Waals surface area contributed by atoms with Crippen molar-refractivity contribution in [3.05, 3.63) is 99.3 Å². The number of nitrogens with one attached hydrogen (secondary N) is 2. The highest BCUT2D eigenvalue weighted by atomic mass is 32.1. The number of ether oxygens (including phenoxy) is 3. The first-order valence-corrected chi connectivity index (χ1v) is 14.5. The molecule has 0 saturated heterocycles. The van der Waals surface area contributed by atoms with E-state index in [9.17, 15) is 9.59 Å². The molecule has 1 aromatic heterocycles. The zero-order valence-electron chi connectivity index (χ0n) is 24.6. The number of hydrogen-bond donors (Lipinski definition) is 2. The van der Waals surface area contributed by atoms with E-state index >= 15 is 0 Å². The standard InChI is InChI=1S/C34H34N2O5S/c1-20-7-10-23(11-8-20)35-33(38)41-24-12-13-26(29(17-24)39-6)25-14-15-28-31(21(2)18-34(4,5)36-28)27(25)19-40-32(37)30-16-9-22(3)42-30/h7-18,36H,19H2,1-6H3,(H,35,38). The second-order valence-corrected chi connectivity index (χ2v) is 12.2. The van der Waals surface area contributed by atoms with Gasteiger partial charge in [0.2, 0.25) is 0 Å². The van der Waals surface area contributed by atoms with Crippen LogP contribution in [0.1, 0.15) is 52.0 Å². The second kappa shape index (κ2) is 11.7. The summed E-state index contributed by atoms with van der Waals surface area (Å²) < 4.78 is 17.2. The van der Waals surface area contributed by atoms with Crippen LogP contribution in [0.4, 0.5) is 16.2 Å². The molecule has 2 heterocycles. The molecule has 7 nitrogen and oxygen atoms in total. The lowest BCUT2D eigenvalue weighted by molar-refractivity contribution is 0.0479. The van der Waals surface area contributed by atoms with Gasteiger partial charge in [0, 0.05) is 39.0 Å². The summed E-state index contributed by atoms with van der Waals surface area (Å²) in [7, 11) is 1.57. The van der Waals surface area contributed by atoms with Crippen LogP contribution in [0.15, 0.2) is 72.8 Å². The van der Waals surface area contributed by atoms with Crippen molar-refractivity contribution in [3.63, 3.8) is 0 Å². The minimum absolute atomic E-state index is 0.0714. The van der Waals surface area contributed by atoms with Gasteiger partial charge in [-0.15, -0.1) is 11.3 Å². The zero-order chi connectivity index (χ0) is 30.0. The Bertz CT molecular complexity index is 1680. The number of allylic oxidation sites excluding steroid dienone is 1. The molecule has 0 spiro atoms. The van der Waals surface area contributed by atoms with Crippen LogP contribution in [0.25, 0.3) is 16.7 Å². The quantitative estimate of drug-likeness (QED) is 0.212. The minimum atomic E-state index is -0.603. The summed E-state index contributed by atoms with van der Waals surface area (Å²) in [5.74, 6) is 0.485. The van der Waals surface area contributed by atoms with Crippen molar-refractivity contribution in [1.29, 1.82) is 0 Å². The minimum Gasteiger partial charge on any atom is -0.496 e. The molecule has 3 aromatic carbocycles. The summed E-state index contributed by atoms with van der Waals surface area (Å²) >= 11 is 1.41. The maximum atomic E-state index is 12.9. The van der Waals surface area contributed by atoms with Crippen LogP contribution < -0.4 is 20.1 Å². The molecule has 1 amide bonds. The number of aryl methyl sites for hydroxylation is 2. The summed E-state index contributed by atoms with van der Waals surface area (Å²) in [6.45, 7) is 10.3. The number of esters is 1. The molecule has 8 heteroatoms. The van der Waals surface area contributed by atoms with Crippen molar-refractivity contribution < 1.29 is 23.8 Å². The van der Waals surface area contributed by atoms with E-state index in [1.165, 1.54) is 11.3 Å². The largest absolute Gasteiger partial charge is 0.496 e. The van der Waals surface area contributed by atoms with Crippen LogP contribution in [-0.4, -0.2) is 24.7 Å². The number of rotatable bonds is 7. The number of fused-ring (bicyclic) bond motifs is 1. The molecule has 0 aliphatic carbocycles. The lowest BCUT2D eigenvalue weighted by Crippen LogP contribution is -2.32. The molecule has 42 heavy (non-hydrogen) atoms. The maximum Gasteiger partial charge on any atom is 0.417 e. The monoisotopic (exact) mass is 582 g/mol. The van der Waals surface area contributed by atoms with E-state index in [4.69, 9.17) is 14.2 Å². The Balaban J connectivity index is 1.48. The Kier molecular flexibility index (Phi) is 8.09. The van der Waals surface area contributed by atoms with Crippen molar-refractivity contribution >= 4 is 40.3 Å². The molecule has 5 rings (SSSR count). The molecule has 0 unspecified atom stereocenters. The summed E-state index contributed by atoms with van der Waals surface area (Å²) in [6.07, 6.45) is 1.57. The zero-order valence-corrected chi connectivity index (χ0v) is 25.4. The topological polar surface area (TPSA) is 85.9 Å². The van der Waals surface area contributed by atoms with Gasteiger partial charge in [-0.05, 0) is 88.2 Å². The molecule has 0 saturated carbocycles. The Morgan fingerprint density at radius 1 is 0.929 bits per heavy atom. The number of carbonyl (C=O) groups excluding carboxylic acids is 2. The second-order valence-electron chi connectivity index (χ2n) is 10.9. The number of amides is 1. The fourth-order valence-corrected chi connectivity index (χ4v) is 5.96. The van der Waals surface area contributed by atoms with Crippen molar-refractivity contribution in [2.75, 3.05) is 17.7 Å². The Labute approximate surface area is 250 Å². The predicted molar refractivity (Wildman–Crippen MR) is 169 cm³/mol. The molecule has 2 N–H and O–H groups in total. The molecule has 0 atom stereocenters. The number of hydrogen-bond acceptors (Lipinski definition) is 7. The Hall–Kier alpha value is -4.56. The molecule has 4 aromatic rings. The first-order chi connectivity index (χ1) is 20.0. The van der Waals surface area contributed by atoms with Crippen molar-refractivity contribution in [2.24, 2.45) is 0 Å². The van der Waals surface area contributed by atoms with Gasteiger partial charge >= 0.3 is 12.1 Å². The van der Waals surface area contributed by atoms with Crippen molar-refractivity contribution in [2.45, 2.75) is 46.8 Å². The van der Waals surface area contributed by atoms with Gasteiger partial charge in [0.15, 0.2) is 0 Å².